The summed E-state index contributed by atoms with van der Waals surface area (Å²) in [7, 11) is 0. The molecule has 4 heteroatoms. The molecule has 0 radical (unpaired) electrons. The first-order valence-corrected chi connectivity index (χ1v) is 7.51. The van der Waals surface area contributed by atoms with Gasteiger partial charge in [-0.05, 0) is 30.0 Å². The lowest BCUT2D eigenvalue weighted by atomic mass is 10.0. The predicted molar refractivity (Wildman–Crippen MR) is 89.7 cm³/mol. The lowest BCUT2D eigenvalue weighted by Gasteiger charge is -2.06. The summed E-state index contributed by atoms with van der Waals surface area (Å²) in [6.07, 6.45) is 1.08. The summed E-state index contributed by atoms with van der Waals surface area (Å²) in [4.78, 5) is 0. The average molecular weight is 292 g/mol. The van der Waals surface area contributed by atoms with E-state index >= 15 is 0 Å². The van der Waals surface area contributed by atoms with Crippen LogP contribution in [0.1, 0.15) is 19.4 Å². The number of para-hydroxylation sites is 1. The van der Waals surface area contributed by atoms with Crippen molar-refractivity contribution < 1.29 is 0 Å². The maximum atomic E-state index is 6.22. The Bertz CT molecular complexity index is 743. The van der Waals surface area contributed by atoms with E-state index < -0.39 is 0 Å². The van der Waals surface area contributed by atoms with Crippen LogP contribution in [-0.4, -0.2) is 15.0 Å². The minimum atomic E-state index is 0.558. The molecule has 0 aliphatic carbocycles. The molecule has 0 bridgehead atoms. The molecule has 1 heterocycles. The highest BCUT2D eigenvalue weighted by atomic mass is 15.5. The molecule has 112 valence electrons. The van der Waals surface area contributed by atoms with Gasteiger partial charge >= 0.3 is 0 Å². The van der Waals surface area contributed by atoms with Crippen molar-refractivity contribution in [1.82, 2.24) is 15.0 Å². The van der Waals surface area contributed by atoms with Gasteiger partial charge in [-0.3, -0.25) is 0 Å². The van der Waals surface area contributed by atoms with Crippen LogP contribution in [0.5, 0.6) is 0 Å². The van der Waals surface area contributed by atoms with Crippen LogP contribution in [0, 0.1) is 5.92 Å². The molecule has 3 aromatic rings. The summed E-state index contributed by atoms with van der Waals surface area (Å²) in [6.45, 7) is 4.44. The van der Waals surface area contributed by atoms with Gasteiger partial charge in [-0.1, -0.05) is 61.5 Å². The first-order valence-electron chi connectivity index (χ1n) is 7.51. The molecular formula is C18H20N4. The van der Waals surface area contributed by atoms with Gasteiger partial charge in [-0.2, -0.15) is 4.68 Å². The van der Waals surface area contributed by atoms with Crippen molar-refractivity contribution in [3.05, 3.63) is 60.2 Å². The Morgan fingerprint density at radius 2 is 1.68 bits per heavy atom. The van der Waals surface area contributed by atoms with Gasteiger partial charge in [-0.25, -0.2) is 0 Å². The second-order valence-corrected chi connectivity index (χ2v) is 5.87. The Kier molecular flexibility index (Phi) is 3.92. The van der Waals surface area contributed by atoms with E-state index in [4.69, 9.17) is 5.73 Å². The molecule has 1 aromatic heterocycles. The molecule has 0 aliphatic rings. The van der Waals surface area contributed by atoms with E-state index in [9.17, 15) is 0 Å². The zero-order chi connectivity index (χ0) is 15.5. The van der Waals surface area contributed by atoms with E-state index in [2.05, 4.69) is 48.4 Å². The number of nitrogen functional groups attached to an aromatic ring is 1. The smallest absolute Gasteiger partial charge is 0.155 e. The molecule has 0 fully saturated rings. The van der Waals surface area contributed by atoms with Crippen LogP contribution in [0.2, 0.25) is 0 Å². The third kappa shape index (κ3) is 2.86. The predicted octanol–water partition coefficient (Wildman–Crippen LogP) is 3.72. The maximum absolute atomic E-state index is 6.22. The summed E-state index contributed by atoms with van der Waals surface area (Å²) < 4.78 is 1.66. The highest BCUT2D eigenvalue weighted by Gasteiger charge is 2.12. The number of anilines is 1. The Hall–Kier alpha value is -2.62. The van der Waals surface area contributed by atoms with Gasteiger partial charge in [-0.15, -0.1) is 5.10 Å². The normalized spacial score (nSPS) is 11.0. The van der Waals surface area contributed by atoms with Crippen molar-refractivity contribution in [2.45, 2.75) is 20.3 Å². The zero-order valence-corrected chi connectivity index (χ0v) is 12.9. The lowest BCUT2D eigenvalue weighted by molar-refractivity contribution is 0.647. The molecule has 4 nitrogen and oxygen atoms in total. The quantitative estimate of drug-likeness (QED) is 0.797. The Balaban J connectivity index is 1.91. The molecule has 0 aliphatic heterocycles. The number of hydrogen-bond donors (Lipinski definition) is 1. The highest BCUT2D eigenvalue weighted by Crippen LogP contribution is 2.25. The molecule has 2 N–H and O–H groups in total. The monoisotopic (exact) mass is 292 g/mol. The standard InChI is InChI=1S/C18H20N4/c1-13(2)12-14-8-10-15(11-9-14)17-18(19)22(21-20-17)16-6-4-3-5-7-16/h3-11,13H,12,19H2,1-2H3. The Morgan fingerprint density at radius 1 is 1.00 bits per heavy atom. The van der Waals surface area contributed by atoms with Crippen molar-refractivity contribution in [2.24, 2.45) is 5.92 Å². The van der Waals surface area contributed by atoms with Gasteiger partial charge in [0.05, 0.1) is 5.69 Å². The number of nitrogens with zero attached hydrogens (tertiary/aromatic N) is 3. The fourth-order valence-corrected chi connectivity index (χ4v) is 2.52. The van der Waals surface area contributed by atoms with Gasteiger partial charge in [0.15, 0.2) is 5.82 Å². The second-order valence-electron chi connectivity index (χ2n) is 5.87. The van der Waals surface area contributed by atoms with Crippen LogP contribution in [0.15, 0.2) is 54.6 Å². The third-order valence-corrected chi connectivity index (χ3v) is 3.58. The van der Waals surface area contributed by atoms with Gasteiger partial charge in [0, 0.05) is 5.56 Å². The average Bonchev–Trinajstić information content (AvgIpc) is 2.90. The van der Waals surface area contributed by atoms with Gasteiger partial charge < -0.3 is 5.73 Å². The minimum Gasteiger partial charge on any atom is -0.382 e. The first kappa shape index (κ1) is 14.3. The van der Waals surface area contributed by atoms with Crippen LogP contribution in [-0.2, 0) is 6.42 Å². The van der Waals surface area contributed by atoms with E-state index in [0.717, 1.165) is 23.4 Å². The van der Waals surface area contributed by atoms with E-state index in [1.165, 1.54) is 5.56 Å². The van der Waals surface area contributed by atoms with Crippen LogP contribution in [0.4, 0.5) is 5.82 Å². The molecule has 3 rings (SSSR count). The molecule has 0 unspecified atom stereocenters. The molecular weight excluding hydrogens is 272 g/mol. The highest BCUT2D eigenvalue weighted by molar-refractivity contribution is 5.71. The molecule has 2 aromatic carbocycles. The van der Waals surface area contributed by atoms with E-state index in [1.54, 1.807) is 4.68 Å². The molecule has 0 spiro atoms. The zero-order valence-electron chi connectivity index (χ0n) is 12.9. The fraction of sp³-hybridized carbons (Fsp3) is 0.222. The first-order chi connectivity index (χ1) is 10.6. The molecule has 22 heavy (non-hydrogen) atoms. The fourth-order valence-electron chi connectivity index (χ4n) is 2.52. The van der Waals surface area contributed by atoms with Crippen LogP contribution in [0.25, 0.3) is 16.9 Å². The maximum Gasteiger partial charge on any atom is 0.155 e. The Morgan fingerprint density at radius 3 is 2.32 bits per heavy atom. The van der Waals surface area contributed by atoms with Crippen molar-refractivity contribution >= 4 is 5.82 Å². The minimum absolute atomic E-state index is 0.558. The topological polar surface area (TPSA) is 56.7 Å². The van der Waals surface area contributed by atoms with Gasteiger partial charge in [0.2, 0.25) is 0 Å². The Labute approximate surface area is 130 Å². The van der Waals surface area contributed by atoms with Crippen molar-refractivity contribution in [3.8, 4) is 16.9 Å². The number of benzene rings is 2. The van der Waals surface area contributed by atoms with E-state index in [1.807, 2.05) is 30.3 Å². The van der Waals surface area contributed by atoms with Gasteiger partial charge in [0.25, 0.3) is 0 Å². The van der Waals surface area contributed by atoms with Crippen molar-refractivity contribution in [2.75, 3.05) is 5.73 Å². The van der Waals surface area contributed by atoms with Crippen LogP contribution in [0.3, 0.4) is 0 Å². The van der Waals surface area contributed by atoms with Gasteiger partial charge in [0.1, 0.15) is 5.69 Å². The summed E-state index contributed by atoms with van der Waals surface area (Å²) in [5.74, 6) is 1.21. The molecule has 0 saturated heterocycles. The van der Waals surface area contributed by atoms with Crippen molar-refractivity contribution in [3.63, 3.8) is 0 Å². The summed E-state index contributed by atoms with van der Waals surface area (Å²) >= 11 is 0. The van der Waals surface area contributed by atoms with E-state index in [-0.39, 0.29) is 0 Å². The molecule has 0 atom stereocenters. The number of hydrogen-bond acceptors (Lipinski definition) is 3. The summed E-state index contributed by atoms with van der Waals surface area (Å²) in [5.41, 5.74) is 10.2. The number of rotatable bonds is 4. The molecule has 0 amide bonds. The summed E-state index contributed by atoms with van der Waals surface area (Å²) in [6, 6.07) is 18.2. The largest absolute Gasteiger partial charge is 0.382 e. The summed E-state index contributed by atoms with van der Waals surface area (Å²) in [5, 5.41) is 8.42. The number of nitrogens with two attached hydrogens (primary N) is 1. The number of aromatic nitrogens is 3. The molecule has 0 saturated carbocycles. The van der Waals surface area contributed by atoms with Crippen LogP contribution < -0.4 is 5.73 Å². The van der Waals surface area contributed by atoms with E-state index in [0.29, 0.717) is 11.7 Å². The third-order valence-electron chi connectivity index (χ3n) is 3.58. The lowest BCUT2D eigenvalue weighted by Crippen LogP contribution is -2.02. The van der Waals surface area contributed by atoms with Crippen LogP contribution >= 0.6 is 0 Å². The van der Waals surface area contributed by atoms with Crippen molar-refractivity contribution in [1.29, 1.82) is 0 Å². The SMILES string of the molecule is CC(C)Cc1ccc(-c2nnn(-c3ccccc3)c2N)cc1. The second kappa shape index (κ2) is 6.02.